The first-order valence-corrected chi connectivity index (χ1v) is 11.0. The van der Waals surface area contributed by atoms with Crippen molar-refractivity contribution in [3.05, 3.63) is 0 Å². The Kier molecular flexibility index (Phi) is 21.0. The van der Waals surface area contributed by atoms with Gasteiger partial charge in [-0.3, -0.25) is 4.79 Å². The normalized spacial score (nSPS) is 11.0. The highest BCUT2D eigenvalue weighted by Gasteiger charge is 1.96. The zero-order chi connectivity index (χ0) is 18.4. The van der Waals surface area contributed by atoms with Crippen LogP contribution in [0.15, 0.2) is 0 Å². The second-order valence-corrected chi connectivity index (χ2v) is 7.26. The van der Waals surface area contributed by atoms with Crippen LogP contribution in [0.5, 0.6) is 0 Å². The van der Waals surface area contributed by atoms with Crippen molar-refractivity contribution < 1.29 is 14.3 Å². The van der Waals surface area contributed by atoms with Crippen LogP contribution >= 0.6 is 0 Å². The number of carbonyl (C=O) groups excluding carboxylic acids is 1. The van der Waals surface area contributed by atoms with E-state index in [0.717, 1.165) is 13.0 Å². The molecule has 150 valence electrons. The average Bonchev–Trinajstić information content (AvgIpc) is 2.60. The van der Waals surface area contributed by atoms with Crippen molar-refractivity contribution in [3.63, 3.8) is 0 Å². The van der Waals surface area contributed by atoms with E-state index in [1.54, 1.807) is 0 Å². The zero-order valence-electron chi connectivity index (χ0n) is 17.2. The molecule has 0 aliphatic rings. The van der Waals surface area contributed by atoms with E-state index in [0.29, 0.717) is 13.2 Å². The number of hydrogen-bond donors (Lipinski definition) is 0. The van der Waals surface area contributed by atoms with Crippen LogP contribution in [0.25, 0.3) is 0 Å². The first-order chi connectivity index (χ1) is 12.3. The summed E-state index contributed by atoms with van der Waals surface area (Å²) in [5.74, 6) is -0.231. The molecule has 25 heavy (non-hydrogen) atoms. The van der Waals surface area contributed by atoms with Crippen LogP contribution in [0.3, 0.4) is 0 Å². The topological polar surface area (TPSA) is 35.5 Å². The standard InChI is InChI=1S/C22H44O3/c1-3-4-5-6-7-8-9-10-11-12-13-14-15-16-17-18-19-24-20-21-25-22(2)23/h3-21H2,1-2H3. The molecule has 0 amide bonds. The molecule has 0 spiro atoms. The van der Waals surface area contributed by atoms with Gasteiger partial charge in [-0.15, -0.1) is 0 Å². The van der Waals surface area contributed by atoms with Gasteiger partial charge in [-0.25, -0.2) is 0 Å². The number of rotatable bonds is 20. The number of unbranched alkanes of at least 4 members (excludes halogenated alkanes) is 15. The maximum atomic E-state index is 10.6. The molecule has 0 aliphatic carbocycles. The molecule has 0 heterocycles. The van der Waals surface area contributed by atoms with Crippen LogP contribution in [0.4, 0.5) is 0 Å². The highest BCUT2D eigenvalue weighted by molar-refractivity contribution is 5.65. The van der Waals surface area contributed by atoms with Crippen LogP contribution < -0.4 is 0 Å². The van der Waals surface area contributed by atoms with Crippen LogP contribution in [0.1, 0.15) is 117 Å². The van der Waals surface area contributed by atoms with Gasteiger partial charge in [0, 0.05) is 13.5 Å². The molecule has 0 N–H and O–H groups in total. The lowest BCUT2D eigenvalue weighted by Crippen LogP contribution is -2.08. The van der Waals surface area contributed by atoms with E-state index in [1.165, 1.54) is 103 Å². The van der Waals surface area contributed by atoms with Gasteiger partial charge in [0.1, 0.15) is 6.61 Å². The fourth-order valence-electron chi connectivity index (χ4n) is 3.10. The summed E-state index contributed by atoms with van der Waals surface area (Å²) in [6.07, 6.45) is 22.2. The molecule has 0 radical (unpaired) electrons. The molecule has 0 rings (SSSR count). The summed E-state index contributed by atoms with van der Waals surface area (Å²) in [5.41, 5.74) is 0. The molecule has 0 unspecified atom stereocenters. The molecule has 0 aliphatic heterocycles. The van der Waals surface area contributed by atoms with Gasteiger partial charge in [-0.05, 0) is 6.42 Å². The van der Waals surface area contributed by atoms with Gasteiger partial charge in [0.15, 0.2) is 0 Å². The number of ether oxygens (including phenoxy) is 2. The summed E-state index contributed by atoms with van der Waals surface area (Å²) < 4.78 is 10.2. The molecule has 0 aromatic heterocycles. The van der Waals surface area contributed by atoms with Gasteiger partial charge in [-0.2, -0.15) is 0 Å². The van der Waals surface area contributed by atoms with E-state index >= 15 is 0 Å². The van der Waals surface area contributed by atoms with Gasteiger partial charge >= 0.3 is 5.97 Å². The monoisotopic (exact) mass is 356 g/mol. The Balaban J connectivity index is 2.97. The van der Waals surface area contributed by atoms with E-state index in [1.807, 2.05) is 0 Å². The third kappa shape index (κ3) is 23.4. The van der Waals surface area contributed by atoms with Crippen molar-refractivity contribution >= 4 is 5.97 Å². The lowest BCUT2D eigenvalue weighted by molar-refractivity contribution is -0.142. The molecular weight excluding hydrogens is 312 g/mol. The van der Waals surface area contributed by atoms with Gasteiger partial charge in [0.05, 0.1) is 6.61 Å². The summed E-state index contributed by atoms with van der Waals surface area (Å²) in [4.78, 5) is 10.6. The molecular formula is C22H44O3. The zero-order valence-corrected chi connectivity index (χ0v) is 17.2. The molecule has 3 nitrogen and oxygen atoms in total. The molecule has 3 heteroatoms. The fraction of sp³-hybridized carbons (Fsp3) is 0.955. The number of carbonyl (C=O) groups is 1. The molecule has 0 aromatic rings. The summed E-state index contributed by atoms with van der Waals surface area (Å²) >= 11 is 0. The summed E-state index contributed by atoms with van der Waals surface area (Å²) in [7, 11) is 0. The minimum atomic E-state index is -0.231. The third-order valence-electron chi connectivity index (χ3n) is 4.68. The maximum absolute atomic E-state index is 10.6. The summed E-state index contributed by atoms with van der Waals surface area (Å²) in [5, 5.41) is 0. The number of hydrogen-bond acceptors (Lipinski definition) is 3. The quantitative estimate of drug-likeness (QED) is 0.177. The minimum Gasteiger partial charge on any atom is -0.463 e. The van der Waals surface area contributed by atoms with Crippen molar-refractivity contribution in [2.24, 2.45) is 0 Å². The lowest BCUT2D eigenvalue weighted by Gasteiger charge is -2.05. The molecule has 0 fully saturated rings. The molecule has 0 saturated heterocycles. The predicted molar refractivity (Wildman–Crippen MR) is 107 cm³/mol. The van der Waals surface area contributed by atoms with Crippen LogP contribution in [-0.4, -0.2) is 25.8 Å². The summed E-state index contributed by atoms with van der Waals surface area (Å²) in [6, 6.07) is 0. The van der Waals surface area contributed by atoms with Crippen LogP contribution in [0.2, 0.25) is 0 Å². The largest absolute Gasteiger partial charge is 0.463 e. The van der Waals surface area contributed by atoms with E-state index in [4.69, 9.17) is 9.47 Å². The van der Waals surface area contributed by atoms with E-state index in [-0.39, 0.29) is 5.97 Å². The second-order valence-electron chi connectivity index (χ2n) is 7.26. The molecule has 0 saturated carbocycles. The van der Waals surface area contributed by atoms with Crippen LogP contribution in [0, 0.1) is 0 Å². The van der Waals surface area contributed by atoms with Gasteiger partial charge in [-0.1, -0.05) is 103 Å². The Bertz CT molecular complexity index is 266. The van der Waals surface area contributed by atoms with Gasteiger partial charge in [0.2, 0.25) is 0 Å². The van der Waals surface area contributed by atoms with E-state index < -0.39 is 0 Å². The number of esters is 1. The second kappa shape index (κ2) is 21.5. The SMILES string of the molecule is CCCCCCCCCCCCCCCCCCOCCOC(C)=O. The van der Waals surface area contributed by atoms with Crippen molar-refractivity contribution in [2.45, 2.75) is 117 Å². The Hall–Kier alpha value is -0.570. The molecule has 0 aromatic carbocycles. The van der Waals surface area contributed by atoms with E-state index in [9.17, 15) is 4.79 Å². The van der Waals surface area contributed by atoms with Gasteiger partial charge in [0.25, 0.3) is 0 Å². The maximum Gasteiger partial charge on any atom is 0.302 e. The molecule has 0 bridgehead atoms. The van der Waals surface area contributed by atoms with Crippen LogP contribution in [-0.2, 0) is 14.3 Å². The average molecular weight is 357 g/mol. The Morgan fingerprint density at radius 2 is 0.960 bits per heavy atom. The first kappa shape index (κ1) is 24.4. The van der Waals surface area contributed by atoms with Crippen molar-refractivity contribution in [1.29, 1.82) is 0 Å². The predicted octanol–water partition coefficient (Wildman–Crippen LogP) is 6.83. The molecule has 0 atom stereocenters. The van der Waals surface area contributed by atoms with E-state index in [2.05, 4.69) is 6.92 Å². The highest BCUT2D eigenvalue weighted by atomic mass is 16.6. The highest BCUT2D eigenvalue weighted by Crippen LogP contribution is 2.13. The Morgan fingerprint density at radius 3 is 1.36 bits per heavy atom. The minimum absolute atomic E-state index is 0.231. The smallest absolute Gasteiger partial charge is 0.302 e. The van der Waals surface area contributed by atoms with Crippen molar-refractivity contribution in [1.82, 2.24) is 0 Å². The summed E-state index contributed by atoms with van der Waals surface area (Å²) in [6.45, 7) is 5.41. The lowest BCUT2D eigenvalue weighted by atomic mass is 10.0. The third-order valence-corrected chi connectivity index (χ3v) is 4.68. The fourth-order valence-corrected chi connectivity index (χ4v) is 3.10. The Labute approximate surface area is 157 Å². The van der Waals surface area contributed by atoms with Gasteiger partial charge < -0.3 is 9.47 Å². The first-order valence-electron chi connectivity index (χ1n) is 11.0. The van der Waals surface area contributed by atoms with Crippen molar-refractivity contribution in [2.75, 3.05) is 19.8 Å². The Morgan fingerprint density at radius 1 is 0.560 bits per heavy atom. The van der Waals surface area contributed by atoms with Crippen molar-refractivity contribution in [3.8, 4) is 0 Å².